The normalized spacial score (nSPS) is 10.1. The van der Waals surface area contributed by atoms with Crippen LogP contribution in [0.3, 0.4) is 0 Å². The molecule has 2 N–H and O–H groups in total. The summed E-state index contributed by atoms with van der Waals surface area (Å²) in [5.74, 6) is -2.70. The molecule has 0 aliphatic rings. The van der Waals surface area contributed by atoms with E-state index in [1.807, 2.05) is 0 Å². The summed E-state index contributed by atoms with van der Waals surface area (Å²) in [5.41, 5.74) is 0. The van der Waals surface area contributed by atoms with Gasteiger partial charge in [-0.15, -0.1) is 0 Å². The van der Waals surface area contributed by atoms with E-state index in [2.05, 4.69) is 9.47 Å². The maximum atomic E-state index is 10.8. The highest BCUT2D eigenvalue weighted by molar-refractivity contribution is 5.91. The van der Waals surface area contributed by atoms with Crippen molar-refractivity contribution in [2.24, 2.45) is 0 Å². The van der Waals surface area contributed by atoms with Crippen molar-refractivity contribution in [3.05, 3.63) is 12.2 Å². The number of aliphatic hydroxyl groups excluding tert-OH is 1. The van der Waals surface area contributed by atoms with Gasteiger partial charge in [-0.25, -0.2) is 9.59 Å². The van der Waals surface area contributed by atoms with E-state index in [1.54, 1.807) is 0 Å². The molecule has 0 saturated carbocycles. The SMILES string of the molecule is O=C(O)CCOC(=O)/C=C\C(=O)OCCO. The Labute approximate surface area is 91.3 Å². The number of carbonyl (C=O) groups is 3. The monoisotopic (exact) mass is 232 g/mol. The minimum absolute atomic E-state index is 0.156. The molecule has 0 aromatic rings. The fourth-order valence-corrected chi connectivity index (χ4v) is 0.617. The number of esters is 2. The number of carboxylic acids is 1. The van der Waals surface area contributed by atoms with E-state index in [-0.39, 0.29) is 26.2 Å². The minimum Gasteiger partial charge on any atom is -0.481 e. The molecule has 7 nitrogen and oxygen atoms in total. The Morgan fingerprint density at radius 3 is 1.94 bits per heavy atom. The topological polar surface area (TPSA) is 110 Å². The summed E-state index contributed by atoms with van der Waals surface area (Å²) in [5, 5.41) is 16.5. The predicted octanol–water partition coefficient (Wildman–Crippen LogP) is -0.904. The Morgan fingerprint density at radius 1 is 1.00 bits per heavy atom. The second-order valence-electron chi connectivity index (χ2n) is 2.54. The molecule has 0 aliphatic heterocycles. The number of aliphatic carboxylic acids is 1. The molecule has 0 atom stereocenters. The van der Waals surface area contributed by atoms with Gasteiger partial charge in [0.2, 0.25) is 0 Å². The van der Waals surface area contributed by atoms with Gasteiger partial charge in [-0.3, -0.25) is 4.79 Å². The highest BCUT2D eigenvalue weighted by atomic mass is 16.5. The summed E-state index contributed by atoms with van der Waals surface area (Å²) in [6.45, 7) is -0.718. The average molecular weight is 232 g/mol. The van der Waals surface area contributed by atoms with Gasteiger partial charge in [0, 0.05) is 12.2 Å². The molecule has 0 unspecified atom stereocenters. The molecule has 0 radical (unpaired) electrons. The summed E-state index contributed by atoms with van der Waals surface area (Å²) in [4.78, 5) is 31.7. The van der Waals surface area contributed by atoms with Gasteiger partial charge in [-0.05, 0) is 0 Å². The van der Waals surface area contributed by atoms with E-state index in [0.29, 0.717) is 0 Å². The van der Waals surface area contributed by atoms with Crippen molar-refractivity contribution in [1.82, 2.24) is 0 Å². The van der Waals surface area contributed by atoms with Gasteiger partial charge in [-0.2, -0.15) is 0 Å². The van der Waals surface area contributed by atoms with E-state index in [0.717, 1.165) is 12.2 Å². The molecular formula is C9H12O7. The lowest BCUT2D eigenvalue weighted by Gasteiger charge is -1.98. The van der Waals surface area contributed by atoms with Crippen LogP contribution in [0.5, 0.6) is 0 Å². The summed E-state index contributed by atoms with van der Waals surface area (Å²) in [6, 6.07) is 0. The quantitative estimate of drug-likeness (QED) is 0.432. The standard InChI is InChI=1S/C9H12O7/c10-4-6-16-9(14)2-1-8(13)15-5-3-7(11)12/h1-2,10H,3-6H2,(H,11,12)/b2-1-. The first-order chi connectivity index (χ1) is 7.56. The van der Waals surface area contributed by atoms with Crippen molar-refractivity contribution in [3.8, 4) is 0 Å². The van der Waals surface area contributed by atoms with E-state index in [1.165, 1.54) is 0 Å². The molecular weight excluding hydrogens is 220 g/mol. The van der Waals surface area contributed by atoms with Crippen molar-refractivity contribution in [2.75, 3.05) is 19.8 Å². The largest absolute Gasteiger partial charge is 0.481 e. The Hall–Kier alpha value is -1.89. The number of ether oxygens (including phenoxy) is 2. The Bertz CT molecular complexity index is 282. The van der Waals surface area contributed by atoms with Crippen molar-refractivity contribution in [2.45, 2.75) is 6.42 Å². The van der Waals surface area contributed by atoms with Crippen LogP contribution in [0.1, 0.15) is 6.42 Å². The number of hydrogen-bond acceptors (Lipinski definition) is 6. The van der Waals surface area contributed by atoms with E-state index in [4.69, 9.17) is 10.2 Å². The highest BCUT2D eigenvalue weighted by Crippen LogP contribution is 1.88. The molecule has 0 amide bonds. The molecule has 0 bridgehead atoms. The summed E-state index contributed by atoms with van der Waals surface area (Å²) < 4.78 is 8.85. The van der Waals surface area contributed by atoms with Crippen LogP contribution in [-0.2, 0) is 23.9 Å². The second-order valence-corrected chi connectivity index (χ2v) is 2.54. The molecule has 0 heterocycles. The first-order valence-corrected chi connectivity index (χ1v) is 4.40. The van der Waals surface area contributed by atoms with Crippen LogP contribution in [0.25, 0.3) is 0 Å². The Kier molecular flexibility index (Phi) is 7.43. The Morgan fingerprint density at radius 2 is 1.50 bits per heavy atom. The molecule has 0 aliphatic carbocycles. The molecule has 7 heteroatoms. The number of carbonyl (C=O) groups excluding carboxylic acids is 2. The molecule has 0 rings (SSSR count). The zero-order valence-electron chi connectivity index (χ0n) is 8.42. The maximum Gasteiger partial charge on any atom is 0.331 e. The molecule has 0 aromatic heterocycles. The van der Waals surface area contributed by atoms with Crippen LogP contribution in [-0.4, -0.2) is 47.9 Å². The fraction of sp³-hybridized carbons (Fsp3) is 0.444. The second kappa shape index (κ2) is 8.42. The van der Waals surface area contributed by atoms with Gasteiger partial charge < -0.3 is 19.7 Å². The van der Waals surface area contributed by atoms with Gasteiger partial charge in [0.15, 0.2) is 0 Å². The van der Waals surface area contributed by atoms with Crippen molar-refractivity contribution in [3.63, 3.8) is 0 Å². The Balaban J connectivity index is 3.73. The van der Waals surface area contributed by atoms with Crippen LogP contribution in [0.15, 0.2) is 12.2 Å². The fourth-order valence-electron chi connectivity index (χ4n) is 0.617. The molecule has 0 spiro atoms. The first kappa shape index (κ1) is 14.1. The zero-order chi connectivity index (χ0) is 12.4. The van der Waals surface area contributed by atoms with Crippen molar-refractivity contribution >= 4 is 17.9 Å². The molecule has 0 aromatic carbocycles. The first-order valence-electron chi connectivity index (χ1n) is 4.40. The third-order valence-electron chi connectivity index (χ3n) is 1.25. The summed E-state index contributed by atoms with van der Waals surface area (Å²) in [7, 11) is 0. The summed E-state index contributed by atoms with van der Waals surface area (Å²) in [6.07, 6.45) is 1.36. The summed E-state index contributed by atoms with van der Waals surface area (Å²) >= 11 is 0. The van der Waals surface area contributed by atoms with Gasteiger partial charge in [0.25, 0.3) is 0 Å². The molecule has 16 heavy (non-hydrogen) atoms. The predicted molar refractivity (Wildman–Crippen MR) is 50.4 cm³/mol. The van der Waals surface area contributed by atoms with Crippen molar-refractivity contribution in [1.29, 1.82) is 0 Å². The maximum absolute atomic E-state index is 10.8. The highest BCUT2D eigenvalue weighted by Gasteiger charge is 2.02. The van der Waals surface area contributed by atoms with Crippen LogP contribution >= 0.6 is 0 Å². The smallest absolute Gasteiger partial charge is 0.331 e. The van der Waals surface area contributed by atoms with Gasteiger partial charge >= 0.3 is 17.9 Å². The number of carboxylic acid groups (broad SMARTS) is 1. The van der Waals surface area contributed by atoms with E-state index >= 15 is 0 Å². The van der Waals surface area contributed by atoms with Gasteiger partial charge in [0.1, 0.15) is 13.2 Å². The minimum atomic E-state index is -1.08. The third kappa shape index (κ3) is 8.70. The number of rotatable bonds is 7. The molecule has 90 valence electrons. The lowest BCUT2D eigenvalue weighted by molar-refractivity contribution is -0.144. The number of hydrogen-bond donors (Lipinski definition) is 2. The van der Waals surface area contributed by atoms with Crippen LogP contribution < -0.4 is 0 Å². The number of aliphatic hydroxyl groups is 1. The van der Waals surface area contributed by atoms with Gasteiger partial charge in [0.05, 0.1) is 13.0 Å². The molecule has 0 fully saturated rings. The van der Waals surface area contributed by atoms with Crippen LogP contribution in [0.2, 0.25) is 0 Å². The lowest BCUT2D eigenvalue weighted by Crippen LogP contribution is -2.09. The zero-order valence-corrected chi connectivity index (χ0v) is 8.42. The van der Waals surface area contributed by atoms with Gasteiger partial charge in [-0.1, -0.05) is 0 Å². The lowest BCUT2D eigenvalue weighted by atomic mass is 10.4. The van der Waals surface area contributed by atoms with E-state index in [9.17, 15) is 14.4 Å². The van der Waals surface area contributed by atoms with E-state index < -0.39 is 17.9 Å². The average Bonchev–Trinajstić information content (AvgIpc) is 2.23. The van der Waals surface area contributed by atoms with Crippen molar-refractivity contribution < 1.29 is 34.1 Å². The molecule has 0 saturated heterocycles. The van der Waals surface area contributed by atoms with Crippen LogP contribution in [0, 0.1) is 0 Å². The van der Waals surface area contributed by atoms with Crippen LogP contribution in [0.4, 0.5) is 0 Å². The third-order valence-corrected chi connectivity index (χ3v) is 1.25.